The van der Waals surface area contributed by atoms with Crippen LogP contribution in [0.4, 0.5) is 0 Å². The third-order valence-electron chi connectivity index (χ3n) is 4.35. The molecule has 1 heterocycles. The highest BCUT2D eigenvalue weighted by Gasteiger charge is 2.10. The molecule has 8 heteroatoms. The second-order valence-corrected chi connectivity index (χ2v) is 6.75. The highest BCUT2D eigenvalue weighted by atomic mass is 32.1. The molecule has 7 nitrogen and oxygen atoms in total. The van der Waals surface area contributed by atoms with Gasteiger partial charge in [0.15, 0.2) is 0 Å². The summed E-state index contributed by atoms with van der Waals surface area (Å²) in [4.78, 5) is 13.7. The van der Waals surface area contributed by atoms with Gasteiger partial charge in [0.25, 0.3) is 5.91 Å². The number of aromatic nitrogens is 3. The summed E-state index contributed by atoms with van der Waals surface area (Å²) in [6.45, 7) is 1.25. The quantitative estimate of drug-likeness (QED) is 0.621. The molecule has 0 aliphatic rings. The topological polar surface area (TPSA) is 64.3 Å². The van der Waals surface area contributed by atoms with Crippen LogP contribution < -0.4 is 10.1 Å². The van der Waals surface area contributed by atoms with Crippen LogP contribution in [-0.2, 0) is 13.2 Å². The monoisotopic (exact) mass is 397 g/mol. The molecule has 0 spiro atoms. The maximum atomic E-state index is 11.6. The SMILES string of the molecule is CNC(=O)c1ccc(CN(C)Cn2ncn(-c3ccccc3OC)c2=S)cc1. The fourth-order valence-corrected chi connectivity index (χ4v) is 3.17. The summed E-state index contributed by atoms with van der Waals surface area (Å²) in [6, 6.07) is 15.2. The van der Waals surface area contributed by atoms with Crippen molar-refractivity contribution in [3.05, 3.63) is 70.8 Å². The van der Waals surface area contributed by atoms with Gasteiger partial charge in [0.2, 0.25) is 4.77 Å². The van der Waals surface area contributed by atoms with E-state index in [0.29, 0.717) is 23.5 Å². The number of carbonyl (C=O) groups excluding carboxylic acids is 1. The van der Waals surface area contributed by atoms with Gasteiger partial charge in [0.05, 0.1) is 19.5 Å². The molecule has 146 valence electrons. The third kappa shape index (κ3) is 4.29. The van der Waals surface area contributed by atoms with Crippen molar-refractivity contribution in [2.24, 2.45) is 0 Å². The van der Waals surface area contributed by atoms with Crippen LogP contribution in [0.15, 0.2) is 54.9 Å². The minimum atomic E-state index is -0.0897. The predicted octanol–water partition coefficient (Wildman–Crippen LogP) is 2.86. The first-order chi connectivity index (χ1) is 13.5. The fourth-order valence-electron chi connectivity index (χ4n) is 2.92. The van der Waals surface area contributed by atoms with Crippen molar-refractivity contribution in [3.63, 3.8) is 0 Å². The molecule has 0 unspecified atom stereocenters. The van der Waals surface area contributed by atoms with E-state index in [0.717, 1.165) is 17.0 Å². The summed E-state index contributed by atoms with van der Waals surface area (Å²) >= 11 is 5.59. The van der Waals surface area contributed by atoms with E-state index in [2.05, 4.69) is 15.3 Å². The molecule has 0 atom stereocenters. The largest absolute Gasteiger partial charge is 0.495 e. The number of amides is 1. The van der Waals surface area contributed by atoms with Crippen molar-refractivity contribution in [3.8, 4) is 11.4 Å². The van der Waals surface area contributed by atoms with Crippen molar-refractivity contribution in [1.82, 2.24) is 24.6 Å². The summed E-state index contributed by atoms with van der Waals surface area (Å²) in [5.41, 5.74) is 2.60. The number of nitrogens with zero attached hydrogens (tertiary/aromatic N) is 4. The first-order valence-electron chi connectivity index (χ1n) is 8.81. The molecule has 3 aromatic rings. The smallest absolute Gasteiger partial charge is 0.251 e. The van der Waals surface area contributed by atoms with Gasteiger partial charge >= 0.3 is 0 Å². The number of rotatable bonds is 7. The Kier molecular flexibility index (Phi) is 6.23. The highest BCUT2D eigenvalue weighted by Crippen LogP contribution is 2.22. The normalized spacial score (nSPS) is 10.9. The molecule has 0 fully saturated rings. The van der Waals surface area contributed by atoms with Gasteiger partial charge in [0, 0.05) is 19.2 Å². The van der Waals surface area contributed by atoms with Gasteiger partial charge in [-0.2, -0.15) is 5.10 Å². The van der Waals surface area contributed by atoms with E-state index in [1.807, 2.05) is 60.1 Å². The van der Waals surface area contributed by atoms with E-state index in [1.165, 1.54) is 0 Å². The lowest BCUT2D eigenvalue weighted by molar-refractivity contribution is 0.0963. The molecule has 1 N–H and O–H groups in total. The summed E-state index contributed by atoms with van der Waals surface area (Å²) in [7, 11) is 5.25. The number of nitrogens with one attached hydrogen (secondary N) is 1. The molecular weight excluding hydrogens is 374 g/mol. The van der Waals surface area contributed by atoms with Gasteiger partial charge in [-0.1, -0.05) is 24.3 Å². The molecule has 0 saturated heterocycles. The van der Waals surface area contributed by atoms with Crippen LogP contribution in [0, 0.1) is 4.77 Å². The Morgan fingerprint density at radius 2 is 1.93 bits per heavy atom. The maximum Gasteiger partial charge on any atom is 0.251 e. The number of ether oxygens (including phenoxy) is 1. The van der Waals surface area contributed by atoms with Crippen molar-refractivity contribution in [2.45, 2.75) is 13.2 Å². The Morgan fingerprint density at radius 1 is 1.21 bits per heavy atom. The Bertz CT molecular complexity index is 1010. The number of hydrogen-bond acceptors (Lipinski definition) is 5. The van der Waals surface area contributed by atoms with Gasteiger partial charge < -0.3 is 10.1 Å². The average Bonchev–Trinajstić information content (AvgIpc) is 3.07. The van der Waals surface area contributed by atoms with E-state index < -0.39 is 0 Å². The van der Waals surface area contributed by atoms with Gasteiger partial charge in [0.1, 0.15) is 12.1 Å². The molecule has 0 saturated carbocycles. The molecule has 0 radical (unpaired) electrons. The van der Waals surface area contributed by atoms with Crippen molar-refractivity contribution < 1.29 is 9.53 Å². The lowest BCUT2D eigenvalue weighted by atomic mass is 10.1. The average molecular weight is 398 g/mol. The third-order valence-corrected chi connectivity index (χ3v) is 4.76. The molecule has 1 aromatic heterocycles. The maximum absolute atomic E-state index is 11.6. The molecule has 0 aliphatic carbocycles. The van der Waals surface area contributed by atoms with E-state index in [1.54, 1.807) is 25.2 Å². The van der Waals surface area contributed by atoms with Gasteiger partial charge in [-0.05, 0) is 49.1 Å². The standard InChI is InChI=1S/C20H23N5O2S/c1-21-19(26)16-10-8-15(9-11-16)12-23(2)14-25-20(28)24(13-22-25)17-6-4-5-7-18(17)27-3/h4-11,13H,12,14H2,1-3H3,(H,21,26). The zero-order valence-electron chi connectivity index (χ0n) is 16.1. The van der Waals surface area contributed by atoms with Crippen LogP contribution in [0.3, 0.4) is 0 Å². The zero-order chi connectivity index (χ0) is 20.1. The number of hydrogen-bond donors (Lipinski definition) is 1. The molecule has 28 heavy (non-hydrogen) atoms. The van der Waals surface area contributed by atoms with E-state index in [9.17, 15) is 4.79 Å². The molecule has 0 bridgehead atoms. The van der Waals surface area contributed by atoms with Crippen molar-refractivity contribution >= 4 is 18.1 Å². The lowest BCUT2D eigenvalue weighted by Gasteiger charge is -2.16. The number of carbonyl (C=O) groups is 1. The predicted molar refractivity (Wildman–Crippen MR) is 110 cm³/mol. The van der Waals surface area contributed by atoms with Crippen LogP contribution in [0.1, 0.15) is 15.9 Å². The molecule has 3 rings (SSSR count). The van der Waals surface area contributed by atoms with Crippen LogP contribution in [-0.4, -0.2) is 46.4 Å². The van der Waals surface area contributed by atoms with Gasteiger partial charge in [-0.15, -0.1) is 0 Å². The van der Waals surface area contributed by atoms with Crippen LogP contribution in [0.2, 0.25) is 0 Å². The summed E-state index contributed by atoms with van der Waals surface area (Å²) in [5, 5.41) is 7.04. The molecular formula is C20H23N5O2S. The van der Waals surface area contributed by atoms with Crippen molar-refractivity contribution in [1.29, 1.82) is 0 Å². The second kappa shape index (κ2) is 8.81. The molecule has 2 aromatic carbocycles. The summed E-state index contributed by atoms with van der Waals surface area (Å²) in [6.07, 6.45) is 1.70. The Balaban J connectivity index is 1.71. The van der Waals surface area contributed by atoms with Crippen molar-refractivity contribution in [2.75, 3.05) is 21.2 Å². The van der Waals surface area contributed by atoms with E-state index >= 15 is 0 Å². The highest BCUT2D eigenvalue weighted by molar-refractivity contribution is 7.71. The fraction of sp³-hybridized carbons (Fsp3) is 0.250. The summed E-state index contributed by atoms with van der Waals surface area (Å²) < 4.78 is 9.60. The number of methoxy groups -OCH3 is 1. The first-order valence-corrected chi connectivity index (χ1v) is 9.21. The first kappa shape index (κ1) is 19.8. The molecule has 0 aliphatic heterocycles. The minimum absolute atomic E-state index is 0.0897. The van der Waals surface area contributed by atoms with E-state index in [4.69, 9.17) is 17.0 Å². The van der Waals surface area contributed by atoms with Crippen LogP contribution in [0.25, 0.3) is 5.69 Å². The number of benzene rings is 2. The Morgan fingerprint density at radius 3 is 2.61 bits per heavy atom. The summed E-state index contributed by atoms with van der Waals surface area (Å²) in [5.74, 6) is 0.649. The lowest BCUT2D eigenvalue weighted by Crippen LogP contribution is -2.23. The zero-order valence-corrected chi connectivity index (χ0v) is 16.9. The van der Waals surface area contributed by atoms with Crippen LogP contribution in [0.5, 0.6) is 5.75 Å². The second-order valence-electron chi connectivity index (χ2n) is 6.39. The van der Waals surface area contributed by atoms with Crippen LogP contribution >= 0.6 is 12.2 Å². The van der Waals surface area contributed by atoms with Gasteiger partial charge in [-0.3, -0.25) is 14.3 Å². The van der Waals surface area contributed by atoms with E-state index in [-0.39, 0.29) is 5.91 Å². The van der Waals surface area contributed by atoms with Gasteiger partial charge in [-0.25, -0.2) is 4.68 Å². The number of para-hydroxylation sites is 2. The molecule has 1 amide bonds. The Hall–Kier alpha value is -2.97. The Labute approximate surface area is 169 Å². The minimum Gasteiger partial charge on any atom is -0.495 e.